The molecule has 2 aliphatic heterocycles. The molecule has 7 heteroatoms. The highest BCUT2D eigenvalue weighted by Gasteiger charge is 2.50. The van der Waals surface area contributed by atoms with Crippen LogP contribution in [0.4, 0.5) is 4.39 Å². The second-order valence-electron chi connectivity index (χ2n) is 6.80. The first-order chi connectivity index (χ1) is 11.4. The lowest BCUT2D eigenvalue weighted by molar-refractivity contribution is -0.126. The lowest BCUT2D eigenvalue weighted by Crippen LogP contribution is -2.50. The van der Waals surface area contributed by atoms with Crippen molar-refractivity contribution in [2.45, 2.75) is 38.4 Å². The molecular weight excluding hydrogens is 311 g/mol. The molecule has 130 valence electrons. The van der Waals surface area contributed by atoms with Crippen LogP contribution >= 0.6 is 0 Å². The first kappa shape index (κ1) is 16.8. The van der Waals surface area contributed by atoms with E-state index in [1.54, 1.807) is 11.9 Å². The van der Waals surface area contributed by atoms with E-state index in [0.29, 0.717) is 13.1 Å². The van der Waals surface area contributed by atoms with Gasteiger partial charge in [-0.2, -0.15) is 0 Å². The molecule has 3 rings (SSSR count). The zero-order valence-electron chi connectivity index (χ0n) is 14.2. The second kappa shape index (κ2) is 6.47. The van der Waals surface area contributed by atoms with Gasteiger partial charge >= 0.3 is 0 Å². The zero-order chi connectivity index (χ0) is 17.4. The number of likely N-dealkylation sites (N-methyl/N-ethyl adjacent to an activating group) is 1. The van der Waals surface area contributed by atoms with Crippen molar-refractivity contribution in [1.29, 1.82) is 0 Å². The van der Waals surface area contributed by atoms with Gasteiger partial charge in [-0.3, -0.25) is 19.5 Å². The Morgan fingerprint density at radius 3 is 2.75 bits per heavy atom. The van der Waals surface area contributed by atoms with Gasteiger partial charge in [0.2, 0.25) is 5.91 Å². The van der Waals surface area contributed by atoms with Crippen LogP contribution in [0.5, 0.6) is 0 Å². The van der Waals surface area contributed by atoms with Crippen molar-refractivity contribution in [3.05, 3.63) is 29.8 Å². The lowest BCUT2D eigenvalue weighted by atomic mass is 10.0. The molecule has 1 N–H and O–H groups in total. The van der Waals surface area contributed by atoms with E-state index in [1.807, 2.05) is 0 Å². The fourth-order valence-electron chi connectivity index (χ4n) is 4.10. The van der Waals surface area contributed by atoms with Crippen molar-refractivity contribution in [2.24, 2.45) is 5.92 Å². The van der Waals surface area contributed by atoms with Gasteiger partial charge in [0.15, 0.2) is 5.82 Å². The molecule has 0 aromatic carbocycles. The Balaban J connectivity index is 1.78. The van der Waals surface area contributed by atoms with Crippen LogP contribution in [-0.2, 0) is 4.79 Å². The van der Waals surface area contributed by atoms with Gasteiger partial charge in [-0.1, -0.05) is 0 Å². The summed E-state index contributed by atoms with van der Waals surface area (Å²) in [6, 6.07) is 1.61. The molecule has 3 heterocycles. The fourth-order valence-corrected chi connectivity index (χ4v) is 4.10. The monoisotopic (exact) mass is 334 g/mol. The molecule has 0 aliphatic carbocycles. The zero-order valence-corrected chi connectivity index (χ0v) is 14.2. The minimum atomic E-state index is -0.594. The molecular formula is C17H23FN4O2. The predicted octanol–water partition coefficient (Wildman–Crippen LogP) is 0.890. The summed E-state index contributed by atoms with van der Waals surface area (Å²) in [5.41, 5.74) is 0.0592. The van der Waals surface area contributed by atoms with Crippen LogP contribution in [0.15, 0.2) is 18.5 Å². The maximum absolute atomic E-state index is 13.8. The second-order valence-corrected chi connectivity index (χ2v) is 6.80. The third-order valence-corrected chi connectivity index (χ3v) is 5.11. The number of rotatable bonds is 3. The Morgan fingerprint density at radius 1 is 1.38 bits per heavy atom. The molecule has 3 atom stereocenters. The van der Waals surface area contributed by atoms with Crippen LogP contribution in [0.2, 0.25) is 0 Å². The van der Waals surface area contributed by atoms with Gasteiger partial charge in [-0.05, 0) is 32.3 Å². The Labute approximate surface area is 141 Å². The number of pyridine rings is 1. The number of hydrogen-bond acceptors (Lipinski definition) is 4. The van der Waals surface area contributed by atoms with Crippen LogP contribution in [0, 0.1) is 11.7 Å². The summed E-state index contributed by atoms with van der Waals surface area (Å²) in [6.45, 7) is 5.20. The highest BCUT2D eigenvalue weighted by atomic mass is 19.1. The minimum absolute atomic E-state index is 0.0242. The predicted molar refractivity (Wildman–Crippen MR) is 86.8 cm³/mol. The average Bonchev–Trinajstić information content (AvgIpc) is 3.11. The summed E-state index contributed by atoms with van der Waals surface area (Å²) in [6.07, 6.45) is 3.21. The first-order valence-corrected chi connectivity index (χ1v) is 8.31. The van der Waals surface area contributed by atoms with Crippen molar-refractivity contribution < 1.29 is 14.0 Å². The SMILES string of the molecule is CNC(=O)[C@@H]1C[C@H]2CN(C(=O)c3ccncc3F)C[C@H]2N1C(C)C. The number of halogens is 1. The van der Waals surface area contributed by atoms with Gasteiger partial charge in [0.1, 0.15) is 0 Å². The molecule has 0 bridgehead atoms. The number of nitrogens with one attached hydrogen (secondary N) is 1. The summed E-state index contributed by atoms with van der Waals surface area (Å²) in [7, 11) is 1.65. The maximum atomic E-state index is 13.8. The topological polar surface area (TPSA) is 65.5 Å². The molecule has 24 heavy (non-hydrogen) atoms. The molecule has 2 fully saturated rings. The van der Waals surface area contributed by atoms with E-state index in [2.05, 4.69) is 29.0 Å². The molecule has 0 radical (unpaired) electrons. The standard InChI is InChI=1S/C17H23FN4O2/c1-10(2)22-14(16(23)19-3)6-11-8-21(9-15(11)22)17(24)12-4-5-20-7-13(12)18/h4-5,7,10-11,14-15H,6,8-9H2,1-3H3,(H,19,23)/t11-,14-,15+/m0/s1. The number of likely N-dealkylation sites (tertiary alicyclic amines) is 2. The number of fused-ring (bicyclic) bond motifs is 1. The smallest absolute Gasteiger partial charge is 0.257 e. The Hall–Kier alpha value is -2.02. The van der Waals surface area contributed by atoms with E-state index in [-0.39, 0.29) is 41.4 Å². The van der Waals surface area contributed by atoms with Gasteiger partial charge in [-0.25, -0.2) is 4.39 Å². The fraction of sp³-hybridized carbons (Fsp3) is 0.588. The van der Waals surface area contributed by atoms with Crippen LogP contribution < -0.4 is 5.32 Å². The summed E-state index contributed by atoms with van der Waals surface area (Å²) in [5.74, 6) is -0.632. The van der Waals surface area contributed by atoms with E-state index in [1.165, 1.54) is 12.3 Å². The lowest BCUT2D eigenvalue weighted by Gasteiger charge is -2.33. The summed E-state index contributed by atoms with van der Waals surface area (Å²) in [5, 5.41) is 2.73. The van der Waals surface area contributed by atoms with Gasteiger partial charge < -0.3 is 10.2 Å². The number of amides is 2. The average molecular weight is 334 g/mol. The largest absolute Gasteiger partial charge is 0.358 e. The van der Waals surface area contributed by atoms with E-state index < -0.39 is 5.82 Å². The van der Waals surface area contributed by atoms with E-state index in [9.17, 15) is 14.0 Å². The first-order valence-electron chi connectivity index (χ1n) is 8.31. The van der Waals surface area contributed by atoms with Crippen LogP contribution in [0.25, 0.3) is 0 Å². The number of aromatic nitrogens is 1. The number of carbonyl (C=O) groups is 2. The molecule has 0 unspecified atom stereocenters. The molecule has 2 amide bonds. The molecule has 0 saturated carbocycles. The number of hydrogen-bond donors (Lipinski definition) is 1. The Bertz CT molecular complexity index is 651. The van der Waals surface area contributed by atoms with Crippen LogP contribution in [0.3, 0.4) is 0 Å². The third kappa shape index (κ3) is 2.77. The van der Waals surface area contributed by atoms with Gasteiger partial charge in [0.05, 0.1) is 17.8 Å². The molecule has 2 saturated heterocycles. The minimum Gasteiger partial charge on any atom is -0.358 e. The van der Waals surface area contributed by atoms with Gasteiger partial charge in [-0.15, -0.1) is 0 Å². The van der Waals surface area contributed by atoms with E-state index in [0.717, 1.165) is 12.6 Å². The van der Waals surface area contributed by atoms with E-state index >= 15 is 0 Å². The van der Waals surface area contributed by atoms with Gasteiger partial charge in [0, 0.05) is 38.4 Å². The van der Waals surface area contributed by atoms with Crippen molar-refractivity contribution in [3.8, 4) is 0 Å². The normalized spacial score (nSPS) is 26.7. The highest BCUT2D eigenvalue weighted by molar-refractivity contribution is 5.94. The number of carbonyl (C=O) groups excluding carboxylic acids is 2. The van der Waals surface area contributed by atoms with Crippen molar-refractivity contribution in [2.75, 3.05) is 20.1 Å². The molecule has 6 nitrogen and oxygen atoms in total. The van der Waals surface area contributed by atoms with Crippen LogP contribution in [0.1, 0.15) is 30.6 Å². The van der Waals surface area contributed by atoms with Crippen LogP contribution in [-0.4, -0.2) is 64.9 Å². The maximum Gasteiger partial charge on any atom is 0.257 e. The van der Waals surface area contributed by atoms with Crippen molar-refractivity contribution in [3.63, 3.8) is 0 Å². The van der Waals surface area contributed by atoms with Crippen molar-refractivity contribution >= 4 is 11.8 Å². The third-order valence-electron chi connectivity index (χ3n) is 5.11. The quantitative estimate of drug-likeness (QED) is 0.892. The Kier molecular flexibility index (Phi) is 4.54. The highest BCUT2D eigenvalue weighted by Crippen LogP contribution is 2.37. The molecule has 0 spiro atoms. The summed E-state index contributed by atoms with van der Waals surface area (Å²) in [4.78, 5) is 32.3. The summed E-state index contributed by atoms with van der Waals surface area (Å²) >= 11 is 0. The van der Waals surface area contributed by atoms with Crippen molar-refractivity contribution in [1.82, 2.24) is 20.1 Å². The number of nitrogens with zero attached hydrogens (tertiary/aromatic N) is 3. The molecule has 1 aromatic rings. The van der Waals surface area contributed by atoms with Gasteiger partial charge in [0.25, 0.3) is 5.91 Å². The van der Waals surface area contributed by atoms with E-state index in [4.69, 9.17) is 0 Å². The molecule has 1 aromatic heterocycles. The summed E-state index contributed by atoms with van der Waals surface area (Å²) < 4.78 is 13.8. The Morgan fingerprint density at radius 2 is 2.12 bits per heavy atom. The molecule has 2 aliphatic rings.